The van der Waals surface area contributed by atoms with Crippen LogP contribution >= 0.6 is 11.6 Å². The van der Waals surface area contributed by atoms with Crippen molar-refractivity contribution in [1.29, 1.82) is 0 Å². The Hall–Kier alpha value is -1.55. The van der Waals surface area contributed by atoms with Gasteiger partial charge in [-0.2, -0.15) is 0 Å². The smallest absolute Gasteiger partial charge is 0.253 e. The lowest BCUT2D eigenvalue weighted by Crippen LogP contribution is -2.45. The highest BCUT2D eigenvalue weighted by Crippen LogP contribution is 2.19. The van der Waals surface area contributed by atoms with Gasteiger partial charge in [0, 0.05) is 30.2 Å². The summed E-state index contributed by atoms with van der Waals surface area (Å²) < 4.78 is 0. The highest BCUT2D eigenvalue weighted by atomic mass is 35.5. The molecule has 1 N–H and O–H groups in total. The molecular formula is C15H19ClN2O2. The fraction of sp³-hybridized carbons (Fsp3) is 0.467. The number of halogens is 1. The first-order valence-electron chi connectivity index (χ1n) is 6.94. The molecule has 0 spiro atoms. The van der Waals surface area contributed by atoms with Crippen LogP contribution < -0.4 is 5.32 Å². The van der Waals surface area contributed by atoms with Crippen molar-refractivity contribution in [1.82, 2.24) is 10.2 Å². The lowest BCUT2D eigenvalue weighted by Gasteiger charge is -2.32. The first kappa shape index (κ1) is 14.9. The summed E-state index contributed by atoms with van der Waals surface area (Å²) >= 11 is 5.82. The monoisotopic (exact) mass is 294 g/mol. The molecule has 1 atom stereocenters. The van der Waals surface area contributed by atoms with Gasteiger partial charge in [-0.25, -0.2) is 0 Å². The molecule has 1 saturated heterocycles. The third kappa shape index (κ3) is 3.51. The summed E-state index contributed by atoms with van der Waals surface area (Å²) in [6.07, 6.45) is 1.71. The molecule has 1 aliphatic heterocycles. The fourth-order valence-electron chi connectivity index (χ4n) is 2.47. The molecule has 0 saturated carbocycles. The lowest BCUT2D eigenvalue weighted by molar-refractivity contribution is -0.126. The van der Waals surface area contributed by atoms with Crippen molar-refractivity contribution in [3.63, 3.8) is 0 Å². The minimum atomic E-state index is -0.0973. The zero-order valence-corrected chi connectivity index (χ0v) is 12.3. The number of rotatable bonds is 3. The molecule has 1 fully saturated rings. The van der Waals surface area contributed by atoms with Crippen LogP contribution in [-0.2, 0) is 4.79 Å². The summed E-state index contributed by atoms with van der Waals surface area (Å²) in [6.45, 7) is 3.72. The van der Waals surface area contributed by atoms with Crippen LogP contribution in [-0.4, -0.2) is 36.3 Å². The molecule has 0 radical (unpaired) electrons. The number of hydrogen-bond acceptors (Lipinski definition) is 2. The van der Waals surface area contributed by atoms with Gasteiger partial charge in [0.1, 0.15) is 0 Å². The Morgan fingerprint density at radius 3 is 2.70 bits per heavy atom. The van der Waals surface area contributed by atoms with E-state index in [2.05, 4.69) is 5.32 Å². The van der Waals surface area contributed by atoms with E-state index >= 15 is 0 Å². The molecule has 1 aliphatic rings. The molecule has 0 bridgehead atoms. The largest absolute Gasteiger partial charge is 0.356 e. The summed E-state index contributed by atoms with van der Waals surface area (Å²) in [5.41, 5.74) is 0.617. The van der Waals surface area contributed by atoms with Crippen LogP contribution in [0.3, 0.4) is 0 Å². The summed E-state index contributed by atoms with van der Waals surface area (Å²) in [5.74, 6) is -0.0864. The summed E-state index contributed by atoms with van der Waals surface area (Å²) in [7, 11) is 0. The van der Waals surface area contributed by atoms with E-state index in [9.17, 15) is 9.59 Å². The number of benzene rings is 1. The first-order valence-corrected chi connectivity index (χ1v) is 7.32. The third-order valence-electron chi connectivity index (χ3n) is 3.52. The quantitative estimate of drug-likeness (QED) is 0.930. The van der Waals surface area contributed by atoms with Gasteiger partial charge in [-0.1, -0.05) is 11.6 Å². The molecule has 1 unspecified atom stereocenters. The second-order valence-corrected chi connectivity index (χ2v) is 5.43. The molecule has 2 amide bonds. The number of nitrogens with zero attached hydrogens (tertiary/aromatic N) is 1. The fourth-order valence-corrected chi connectivity index (χ4v) is 2.60. The average Bonchev–Trinajstić information content (AvgIpc) is 2.48. The molecule has 1 aromatic carbocycles. The Morgan fingerprint density at radius 1 is 1.35 bits per heavy atom. The van der Waals surface area contributed by atoms with E-state index in [0.717, 1.165) is 12.8 Å². The normalized spacial score (nSPS) is 18.7. The second-order valence-electron chi connectivity index (χ2n) is 4.99. The minimum Gasteiger partial charge on any atom is -0.356 e. The number of amides is 2. The van der Waals surface area contributed by atoms with E-state index in [1.807, 2.05) is 6.92 Å². The van der Waals surface area contributed by atoms with Crippen molar-refractivity contribution in [2.75, 3.05) is 19.6 Å². The van der Waals surface area contributed by atoms with Gasteiger partial charge < -0.3 is 10.2 Å². The van der Waals surface area contributed by atoms with Gasteiger partial charge in [0.05, 0.1) is 5.92 Å². The third-order valence-corrected chi connectivity index (χ3v) is 3.77. The van der Waals surface area contributed by atoms with E-state index in [0.29, 0.717) is 30.2 Å². The van der Waals surface area contributed by atoms with Gasteiger partial charge >= 0.3 is 0 Å². The molecule has 20 heavy (non-hydrogen) atoms. The number of hydrogen-bond donors (Lipinski definition) is 1. The maximum absolute atomic E-state index is 12.4. The van der Waals surface area contributed by atoms with E-state index in [1.165, 1.54) is 0 Å². The van der Waals surface area contributed by atoms with Crippen molar-refractivity contribution in [2.45, 2.75) is 19.8 Å². The molecule has 2 rings (SSSR count). The number of carbonyl (C=O) groups excluding carboxylic acids is 2. The van der Waals surface area contributed by atoms with Crippen molar-refractivity contribution in [3.05, 3.63) is 34.9 Å². The molecule has 108 valence electrons. The molecule has 5 heteroatoms. The van der Waals surface area contributed by atoms with Gasteiger partial charge in [0.2, 0.25) is 5.91 Å². The number of piperidine rings is 1. The molecule has 1 aromatic rings. The van der Waals surface area contributed by atoms with E-state index in [-0.39, 0.29) is 17.7 Å². The Balaban J connectivity index is 2.03. The van der Waals surface area contributed by atoms with Gasteiger partial charge in [0.15, 0.2) is 0 Å². The predicted octanol–water partition coefficient (Wildman–Crippen LogP) is 2.33. The molecule has 1 heterocycles. The molecule has 0 aromatic heterocycles. The van der Waals surface area contributed by atoms with Crippen molar-refractivity contribution in [3.8, 4) is 0 Å². The van der Waals surface area contributed by atoms with Crippen LogP contribution in [0.2, 0.25) is 5.02 Å². The molecular weight excluding hydrogens is 276 g/mol. The zero-order chi connectivity index (χ0) is 14.5. The maximum Gasteiger partial charge on any atom is 0.253 e. The van der Waals surface area contributed by atoms with Crippen LogP contribution in [0.25, 0.3) is 0 Å². The van der Waals surface area contributed by atoms with Gasteiger partial charge in [-0.15, -0.1) is 0 Å². The standard InChI is InChI=1S/C15H19ClN2O2/c1-2-17-14(19)12-4-3-9-18(10-12)15(20)11-5-7-13(16)8-6-11/h5-8,12H,2-4,9-10H2,1H3,(H,17,19). The SMILES string of the molecule is CCNC(=O)C1CCCN(C(=O)c2ccc(Cl)cc2)C1. The van der Waals surface area contributed by atoms with Gasteiger partial charge in [0.25, 0.3) is 5.91 Å². The van der Waals surface area contributed by atoms with Crippen molar-refractivity contribution >= 4 is 23.4 Å². The van der Waals surface area contributed by atoms with Crippen LogP contribution in [0.4, 0.5) is 0 Å². The molecule has 4 nitrogen and oxygen atoms in total. The number of carbonyl (C=O) groups is 2. The van der Waals surface area contributed by atoms with Gasteiger partial charge in [-0.05, 0) is 44.0 Å². The van der Waals surface area contributed by atoms with Gasteiger partial charge in [-0.3, -0.25) is 9.59 Å². The van der Waals surface area contributed by atoms with E-state index in [1.54, 1.807) is 29.2 Å². The predicted molar refractivity (Wildman–Crippen MR) is 78.8 cm³/mol. The highest BCUT2D eigenvalue weighted by molar-refractivity contribution is 6.30. The highest BCUT2D eigenvalue weighted by Gasteiger charge is 2.28. The Bertz CT molecular complexity index is 487. The van der Waals surface area contributed by atoms with Crippen molar-refractivity contribution in [2.24, 2.45) is 5.92 Å². The minimum absolute atomic E-state index is 0.0318. The Kier molecular flexibility index (Phi) is 5.01. The zero-order valence-electron chi connectivity index (χ0n) is 11.6. The number of likely N-dealkylation sites (tertiary alicyclic amines) is 1. The molecule has 0 aliphatic carbocycles. The lowest BCUT2D eigenvalue weighted by atomic mass is 9.96. The maximum atomic E-state index is 12.4. The first-order chi connectivity index (χ1) is 9.61. The number of nitrogens with one attached hydrogen (secondary N) is 1. The summed E-state index contributed by atoms with van der Waals surface area (Å²) in [4.78, 5) is 26.0. The Labute approximate surface area is 124 Å². The topological polar surface area (TPSA) is 49.4 Å². The summed E-state index contributed by atoms with van der Waals surface area (Å²) in [6, 6.07) is 6.86. The summed E-state index contributed by atoms with van der Waals surface area (Å²) in [5, 5.41) is 3.44. The van der Waals surface area contributed by atoms with Crippen LogP contribution in [0.1, 0.15) is 30.1 Å². The van der Waals surface area contributed by atoms with Crippen LogP contribution in [0.15, 0.2) is 24.3 Å². The average molecular weight is 295 g/mol. The van der Waals surface area contributed by atoms with E-state index < -0.39 is 0 Å². The van der Waals surface area contributed by atoms with Crippen molar-refractivity contribution < 1.29 is 9.59 Å². The van der Waals surface area contributed by atoms with Crippen LogP contribution in [0, 0.1) is 5.92 Å². The van der Waals surface area contributed by atoms with Crippen LogP contribution in [0.5, 0.6) is 0 Å². The Morgan fingerprint density at radius 2 is 2.05 bits per heavy atom. The van der Waals surface area contributed by atoms with E-state index in [4.69, 9.17) is 11.6 Å². The second kappa shape index (κ2) is 6.75.